The second kappa shape index (κ2) is 7.99. The van der Waals surface area contributed by atoms with Crippen LogP contribution >= 0.6 is 0 Å². The van der Waals surface area contributed by atoms with E-state index in [2.05, 4.69) is 5.32 Å². The molecule has 0 spiro atoms. The maximum Gasteiger partial charge on any atom is 0.246 e. The summed E-state index contributed by atoms with van der Waals surface area (Å²) in [5.74, 6) is -1.25. The van der Waals surface area contributed by atoms with Crippen molar-refractivity contribution in [1.82, 2.24) is 4.31 Å². The molecule has 0 radical (unpaired) electrons. The van der Waals surface area contributed by atoms with Gasteiger partial charge in [0.15, 0.2) is 0 Å². The Morgan fingerprint density at radius 3 is 2.69 bits per heavy atom. The van der Waals surface area contributed by atoms with E-state index in [0.29, 0.717) is 6.42 Å². The molecular formula is C17H24FN3O4S. The van der Waals surface area contributed by atoms with Crippen LogP contribution in [0.1, 0.15) is 25.7 Å². The van der Waals surface area contributed by atoms with Gasteiger partial charge in [0.2, 0.25) is 15.9 Å². The Hall–Kier alpha value is -1.55. The number of rotatable bonds is 4. The SMILES string of the molecule is NC1CCCC(C(=O)Nc2ccc(F)c(S(=O)(=O)N3CCOCC3)c2)C1. The van der Waals surface area contributed by atoms with Gasteiger partial charge >= 0.3 is 0 Å². The molecule has 1 aliphatic carbocycles. The number of nitrogens with two attached hydrogens (primary N) is 1. The lowest BCUT2D eigenvalue weighted by atomic mass is 9.85. The summed E-state index contributed by atoms with van der Waals surface area (Å²) < 4.78 is 45.9. The molecule has 3 rings (SSSR count). The van der Waals surface area contributed by atoms with Crippen LogP contribution in [0.2, 0.25) is 0 Å². The molecule has 1 amide bonds. The zero-order valence-electron chi connectivity index (χ0n) is 14.5. The lowest BCUT2D eigenvalue weighted by Gasteiger charge is -2.27. The van der Waals surface area contributed by atoms with Gasteiger partial charge in [0.25, 0.3) is 0 Å². The average Bonchev–Trinajstić information content (AvgIpc) is 2.64. The van der Waals surface area contributed by atoms with Crippen LogP contribution in [0.5, 0.6) is 0 Å². The van der Waals surface area contributed by atoms with E-state index in [0.717, 1.165) is 25.3 Å². The van der Waals surface area contributed by atoms with E-state index in [1.807, 2.05) is 0 Å². The molecule has 1 aromatic carbocycles. The minimum atomic E-state index is -3.98. The smallest absolute Gasteiger partial charge is 0.246 e. The summed E-state index contributed by atoms with van der Waals surface area (Å²) in [5, 5.41) is 2.71. The number of morpholine rings is 1. The van der Waals surface area contributed by atoms with Crippen molar-refractivity contribution in [3.05, 3.63) is 24.0 Å². The number of ether oxygens (including phenoxy) is 1. The maximum absolute atomic E-state index is 14.2. The Morgan fingerprint density at radius 1 is 1.27 bits per heavy atom. The highest BCUT2D eigenvalue weighted by Gasteiger charge is 2.30. The number of carbonyl (C=O) groups is 1. The quantitative estimate of drug-likeness (QED) is 0.814. The molecule has 0 bridgehead atoms. The van der Waals surface area contributed by atoms with Gasteiger partial charge in [-0.2, -0.15) is 4.31 Å². The fourth-order valence-corrected chi connectivity index (χ4v) is 4.91. The number of carbonyl (C=O) groups excluding carboxylic acids is 1. The Labute approximate surface area is 152 Å². The largest absolute Gasteiger partial charge is 0.379 e. The van der Waals surface area contributed by atoms with Gasteiger partial charge in [-0.3, -0.25) is 4.79 Å². The average molecular weight is 385 g/mol. The first kappa shape index (κ1) is 19.2. The highest BCUT2D eigenvalue weighted by molar-refractivity contribution is 7.89. The summed E-state index contributed by atoms with van der Waals surface area (Å²) in [4.78, 5) is 12.0. The van der Waals surface area contributed by atoms with E-state index in [-0.39, 0.29) is 49.9 Å². The van der Waals surface area contributed by atoms with Crippen LogP contribution in [0.25, 0.3) is 0 Å². The Bertz CT molecular complexity index is 765. The van der Waals surface area contributed by atoms with Gasteiger partial charge in [-0.25, -0.2) is 12.8 Å². The van der Waals surface area contributed by atoms with E-state index in [1.54, 1.807) is 0 Å². The number of sulfonamides is 1. The lowest BCUT2D eigenvalue weighted by molar-refractivity contribution is -0.120. The van der Waals surface area contributed by atoms with E-state index >= 15 is 0 Å². The number of anilines is 1. The summed E-state index contributed by atoms with van der Waals surface area (Å²) >= 11 is 0. The zero-order valence-corrected chi connectivity index (χ0v) is 15.3. The van der Waals surface area contributed by atoms with Crippen LogP contribution in [0.15, 0.2) is 23.1 Å². The molecule has 1 saturated heterocycles. The molecule has 1 heterocycles. The number of nitrogens with zero attached hydrogens (tertiary/aromatic N) is 1. The predicted octanol–water partition coefficient (Wildman–Crippen LogP) is 1.30. The fourth-order valence-electron chi connectivity index (χ4n) is 3.41. The molecule has 0 aromatic heterocycles. The molecule has 7 nitrogen and oxygen atoms in total. The number of halogens is 1. The van der Waals surface area contributed by atoms with Crippen LogP contribution in [0.4, 0.5) is 10.1 Å². The summed E-state index contributed by atoms with van der Waals surface area (Å²) in [6.45, 7) is 0.912. The lowest BCUT2D eigenvalue weighted by Crippen LogP contribution is -2.41. The summed E-state index contributed by atoms with van der Waals surface area (Å²) in [6.07, 6.45) is 3.15. The molecule has 2 atom stereocenters. The van der Waals surface area contributed by atoms with Crippen LogP contribution in [-0.4, -0.2) is 51.0 Å². The van der Waals surface area contributed by atoms with Crippen molar-refractivity contribution in [3.63, 3.8) is 0 Å². The molecule has 26 heavy (non-hydrogen) atoms. The fraction of sp³-hybridized carbons (Fsp3) is 0.588. The highest BCUT2D eigenvalue weighted by Crippen LogP contribution is 2.27. The molecule has 144 valence electrons. The molecule has 2 unspecified atom stereocenters. The number of benzene rings is 1. The molecule has 3 N–H and O–H groups in total. The number of nitrogens with one attached hydrogen (secondary N) is 1. The molecule has 1 saturated carbocycles. The summed E-state index contributed by atoms with van der Waals surface area (Å²) in [7, 11) is -3.98. The van der Waals surface area contributed by atoms with Crippen molar-refractivity contribution in [1.29, 1.82) is 0 Å². The first-order valence-corrected chi connectivity index (χ1v) is 10.3. The van der Waals surface area contributed by atoms with E-state index in [1.165, 1.54) is 16.4 Å². The van der Waals surface area contributed by atoms with Crippen LogP contribution in [-0.2, 0) is 19.6 Å². The minimum Gasteiger partial charge on any atom is -0.379 e. The van der Waals surface area contributed by atoms with Crippen LogP contribution < -0.4 is 11.1 Å². The predicted molar refractivity (Wildman–Crippen MR) is 94.5 cm³/mol. The second-order valence-electron chi connectivity index (χ2n) is 6.77. The van der Waals surface area contributed by atoms with Gasteiger partial charge in [0.05, 0.1) is 13.2 Å². The van der Waals surface area contributed by atoms with Crippen LogP contribution in [0, 0.1) is 11.7 Å². The molecule has 1 aromatic rings. The van der Waals surface area contributed by atoms with Crippen LogP contribution in [0.3, 0.4) is 0 Å². The summed E-state index contributed by atoms with van der Waals surface area (Å²) in [6, 6.07) is 3.62. The van der Waals surface area contributed by atoms with E-state index < -0.39 is 20.7 Å². The third-order valence-corrected chi connectivity index (χ3v) is 6.79. The summed E-state index contributed by atoms with van der Waals surface area (Å²) in [5.41, 5.74) is 6.18. The van der Waals surface area contributed by atoms with Crippen molar-refractivity contribution in [2.24, 2.45) is 11.7 Å². The first-order chi connectivity index (χ1) is 12.4. The van der Waals surface area contributed by atoms with Gasteiger partial charge in [-0.1, -0.05) is 6.42 Å². The maximum atomic E-state index is 14.2. The van der Waals surface area contributed by atoms with Gasteiger partial charge in [-0.05, 0) is 37.5 Å². The number of amides is 1. The standard InChI is InChI=1S/C17H24FN3O4S/c18-15-5-4-14(20-17(22)12-2-1-3-13(19)10-12)11-16(15)26(23,24)21-6-8-25-9-7-21/h4-5,11-13H,1-3,6-10,19H2,(H,20,22). The topological polar surface area (TPSA) is 102 Å². The van der Waals surface area contributed by atoms with E-state index in [9.17, 15) is 17.6 Å². The second-order valence-corrected chi connectivity index (χ2v) is 8.68. The molecule has 1 aliphatic heterocycles. The van der Waals surface area contributed by atoms with Gasteiger partial charge in [0, 0.05) is 30.7 Å². The zero-order chi connectivity index (χ0) is 18.7. The van der Waals surface area contributed by atoms with Gasteiger partial charge < -0.3 is 15.8 Å². The monoisotopic (exact) mass is 385 g/mol. The molecule has 2 aliphatic rings. The Balaban J connectivity index is 1.78. The van der Waals surface area contributed by atoms with Crippen molar-refractivity contribution in [2.45, 2.75) is 36.6 Å². The first-order valence-electron chi connectivity index (χ1n) is 8.82. The molecule has 9 heteroatoms. The van der Waals surface area contributed by atoms with E-state index in [4.69, 9.17) is 10.5 Å². The molecule has 2 fully saturated rings. The third-order valence-electron chi connectivity index (χ3n) is 4.87. The third kappa shape index (κ3) is 4.22. The Morgan fingerprint density at radius 2 is 2.00 bits per heavy atom. The normalized spacial score (nSPS) is 25.0. The van der Waals surface area contributed by atoms with Gasteiger partial charge in [0.1, 0.15) is 10.7 Å². The highest BCUT2D eigenvalue weighted by atomic mass is 32.2. The van der Waals surface area contributed by atoms with Crippen molar-refractivity contribution >= 4 is 21.6 Å². The number of hydrogen-bond acceptors (Lipinski definition) is 5. The van der Waals surface area contributed by atoms with Crippen molar-refractivity contribution < 1.29 is 22.3 Å². The Kier molecular flexibility index (Phi) is 5.91. The number of hydrogen-bond donors (Lipinski definition) is 2. The van der Waals surface area contributed by atoms with Crippen molar-refractivity contribution in [3.8, 4) is 0 Å². The minimum absolute atomic E-state index is 0.00461. The van der Waals surface area contributed by atoms with Gasteiger partial charge in [-0.15, -0.1) is 0 Å². The van der Waals surface area contributed by atoms with Crippen molar-refractivity contribution in [2.75, 3.05) is 31.6 Å². The molecular weight excluding hydrogens is 361 g/mol.